The average Bonchev–Trinajstić information content (AvgIpc) is 2.82. The molecule has 1 amide bonds. The SMILES string of the molecule is CNC[C@H]1CN(C(=O)OC(C)(C)C)C[C@H]1Cc1ccccc1. The topological polar surface area (TPSA) is 41.6 Å². The molecule has 0 aliphatic carbocycles. The summed E-state index contributed by atoms with van der Waals surface area (Å²) in [5.41, 5.74) is 0.896. The number of likely N-dealkylation sites (tertiary alicyclic amines) is 1. The first-order chi connectivity index (χ1) is 10.4. The molecule has 1 fully saturated rings. The highest BCUT2D eigenvalue weighted by molar-refractivity contribution is 5.68. The zero-order chi connectivity index (χ0) is 16.2. The number of carbonyl (C=O) groups is 1. The van der Waals surface area contributed by atoms with Crippen molar-refractivity contribution in [2.24, 2.45) is 11.8 Å². The molecule has 1 heterocycles. The van der Waals surface area contributed by atoms with Gasteiger partial charge in [0.1, 0.15) is 5.60 Å². The molecule has 4 nitrogen and oxygen atoms in total. The first-order valence-electron chi connectivity index (χ1n) is 8.05. The van der Waals surface area contributed by atoms with Crippen molar-refractivity contribution in [3.63, 3.8) is 0 Å². The molecule has 1 aromatic carbocycles. The van der Waals surface area contributed by atoms with Crippen LogP contribution in [-0.4, -0.2) is 43.3 Å². The van der Waals surface area contributed by atoms with Crippen molar-refractivity contribution in [1.82, 2.24) is 10.2 Å². The van der Waals surface area contributed by atoms with Crippen LogP contribution in [0.5, 0.6) is 0 Å². The lowest BCUT2D eigenvalue weighted by molar-refractivity contribution is 0.0284. The van der Waals surface area contributed by atoms with E-state index in [1.165, 1.54) is 5.56 Å². The smallest absolute Gasteiger partial charge is 0.410 e. The number of carbonyl (C=O) groups excluding carboxylic acids is 1. The number of nitrogens with zero attached hydrogens (tertiary/aromatic N) is 1. The molecule has 0 aromatic heterocycles. The van der Waals surface area contributed by atoms with Crippen LogP contribution in [0.1, 0.15) is 26.3 Å². The summed E-state index contributed by atoms with van der Waals surface area (Å²) in [5.74, 6) is 0.945. The molecule has 1 saturated heterocycles. The van der Waals surface area contributed by atoms with E-state index in [0.717, 1.165) is 26.1 Å². The van der Waals surface area contributed by atoms with Crippen LogP contribution < -0.4 is 5.32 Å². The maximum absolute atomic E-state index is 12.3. The van der Waals surface area contributed by atoms with Gasteiger partial charge in [-0.15, -0.1) is 0 Å². The monoisotopic (exact) mass is 304 g/mol. The lowest BCUT2D eigenvalue weighted by atomic mass is 9.90. The fraction of sp³-hybridized carbons (Fsp3) is 0.611. The van der Waals surface area contributed by atoms with Gasteiger partial charge in [0.05, 0.1) is 0 Å². The molecule has 1 aromatic rings. The molecular weight excluding hydrogens is 276 g/mol. The third kappa shape index (κ3) is 4.73. The molecular formula is C18H28N2O2. The predicted octanol–water partition coefficient (Wildman–Crippen LogP) is 2.93. The van der Waals surface area contributed by atoms with Crippen molar-refractivity contribution < 1.29 is 9.53 Å². The van der Waals surface area contributed by atoms with E-state index in [9.17, 15) is 4.79 Å². The van der Waals surface area contributed by atoms with E-state index < -0.39 is 5.60 Å². The highest BCUT2D eigenvalue weighted by atomic mass is 16.6. The van der Waals surface area contributed by atoms with E-state index in [2.05, 4.69) is 29.6 Å². The van der Waals surface area contributed by atoms with Crippen LogP contribution in [0.15, 0.2) is 30.3 Å². The van der Waals surface area contributed by atoms with Crippen LogP contribution in [0.4, 0.5) is 4.79 Å². The van der Waals surface area contributed by atoms with Gasteiger partial charge in [-0.25, -0.2) is 4.79 Å². The summed E-state index contributed by atoms with van der Waals surface area (Å²) >= 11 is 0. The quantitative estimate of drug-likeness (QED) is 0.930. The van der Waals surface area contributed by atoms with Gasteiger partial charge in [0.15, 0.2) is 0 Å². The lowest BCUT2D eigenvalue weighted by Crippen LogP contribution is -2.36. The van der Waals surface area contributed by atoms with Gasteiger partial charge in [-0.2, -0.15) is 0 Å². The summed E-state index contributed by atoms with van der Waals surface area (Å²) < 4.78 is 5.51. The van der Waals surface area contributed by atoms with E-state index in [-0.39, 0.29) is 6.09 Å². The number of nitrogens with one attached hydrogen (secondary N) is 1. The molecule has 1 aliphatic heterocycles. The Morgan fingerprint density at radius 3 is 2.45 bits per heavy atom. The molecule has 1 aliphatic rings. The Bertz CT molecular complexity index is 482. The Kier molecular flexibility index (Phi) is 5.46. The summed E-state index contributed by atoms with van der Waals surface area (Å²) in [6.45, 7) is 8.20. The maximum atomic E-state index is 12.3. The van der Waals surface area contributed by atoms with Crippen molar-refractivity contribution in [1.29, 1.82) is 0 Å². The maximum Gasteiger partial charge on any atom is 0.410 e. The zero-order valence-electron chi connectivity index (χ0n) is 14.1. The Balaban J connectivity index is 2.01. The second-order valence-electron chi connectivity index (χ2n) is 7.15. The third-order valence-electron chi connectivity index (χ3n) is 4.04. The van der Waals surface area contributed by atoms with E-state index in [4.69, 9.17) is 4.74 Å². The molecule has 1 N–H and O–H groups in total. The van der Waals surface area contributed by atoms with Crippen LogP contribution in [0.2, 0.25) is 0 Å². The van der Waals surface area contributed by atoms with Crippen molar-refractivity contribution in [2.45, 2.75) is 32.8 Å². The van der Waals surface area contributed by atoms with Crippen LogP contribution in [0, 0.1) is 11.8 Å². The minimum absolute atomic E-state index is 0.191. The molecule has 22 heavy (non-hydrogen) atoms. The highest BCUT2D eigenvalue weighted by Gasteiger charge is 2.36. The molecule has 2 rings (SSSR count). The summed E-state index contributed by atoms with van der Waals surface area (Å²) in [6, 6.07) is 10.5. The molecule has 0 unspecified atom stereocenters. The van der Waals surface area contributed by atoms with Crippen LogP contribution in [-0.2, 0) is 11.2 Å². The van der Waals surface area contributed by atoms with Gasteiger partial charge in [-0.05, 0) is 58.2 Å². The Hall–Kier alpha value is -1.55. The summed E-state index contributed by atoms with van der Waals surface area (Å²) in [5, 5.41) is 3.25. The first-order valence-corrected chi connectivity index (χ1v) is 8.05. The van der Waals surface area contributed by atoms with E-state index in [1.54, 1.807) is 0 Å². The van der Waals surface area contributed by atoms with E-state index in [0.29, 0.717) is 11.8 Å². The van der Waals surface area contributed by atoms with Gasteiger partial charge in [0, 0.05) is 13.1 Å². The summed E-state index contributed by atoms with van der Waals surface area (Å²) in [6.07, 6.45) is 0.816. The molecule has 122 valence electrons. The molecule has 0 saturated carbocycles. The van der Waals surface area contributed by atoms with Crippen molar-refractivity contribution in [3.05, 3.63) is 35.9 Å². The minimum atomic E-state index is -0.437. The standard InChI is InChI=1S/C18H28N2O2/c1-18(2,3)22-17(21)20-12-15(16(13-20)11-19-4)10-14-8-6-5-7-9-14/h5-9,15-16,19H,10-13H2,1-4H3/t15-,16+/m1/s1. The molecule has 0 bridgehead atoms. The number of hydrogen-bond donors (Lipinski definition) is 1. The summed E-state index contributed by atoms with van der Waals surface area (Å²) in [7, 11) is 1.97. The third-order valence-corrected chi connectivity index (χ3v) is 4.04. The highest BCUT2D eigenvalue weighted by Crippen LogP contribution is 2.27. The van der Waals surface area contributed by atoms with Gasteiger partial charge in [-0.1, -0.05) is 30.3 Å². The lowest BCUT2D eigenvalue weighted by Gasteiger charge is -2.24. The summed E-state index contributed by atoms with van der Waals surface area (Å²) in [4.78, 5) is 14.2. The van der Waals surface area contributed by atoms with Gasteiger partial charge in [0.2, 0.25) is 0 Å². The molecule has 0 spiro atoms. The molecule has 4 heteroatoms. The Labute approximate surface area is 133 Å². The Morgan fingerprint density at radius 2 is 1.86 bits per heavy atom. The van der Waals surface area contributed by atoms with Crippen LogP contribution >= 0.6 is 0 Å². The fourth-order valence-corrected chi connectivity index (χ4v) is 3.06. The van der Waals surface area contributed by atoms with Gasteiger partial charge < -0.3 is 15.0 Å². The number of hydrogen-bond acceptors (Lipinski definition) is 3. The van der Waals surface area contributed by atoms with E-state index in [1.807, 2.05) is 38.8 Å². The van der Waals surface area contributed by atoms with Gasteiger partial charge in [0.25, 0.3) is 0 Å². The van der Waals surface area contributed by atoms with Crippen molar-refractivity contribution in [2.75, 3.05) is 26.7 Å². The predicted molar refractivity (Wildman–Crippen MR) is 88.9 cm³/mol. The van der Waals surface area contributed by atoms with E-state index >= 15 is 0 Å². The van der Waals surface area contributed by atoms with Crippen LogP contribution in [0.25, 0.3) is 0 Å². The first kappa shape index (κ1) is 16.8. The number of rotatable bonds is 4. The number of benzene rings is 1. The van der Waals surface area contributed by atoms with Crippen molar-refractivity contribution >= 4 is 6.09 Å². The van der Waals surface area contributed by atoms with Crippen LogP contribution in [0.3, 0.4) is 0 Å². The molecule has 0 radical (unpaired) electrons. The largest absolute Gasteiger partial charge is 0.444 e. The molecule has 2 atom stereocenters. The number of ether oxygens (including phenoxy) is 1. The Morgan fingerprint density at radius 1 is 1.23 bits per heavy atom. The van der Waals surface area contributed by atoms with Crippen molar-refractivity contribution in [3.8, 4) is 0 Å². The second-order valence-corrected chi connectivity index (χ2v) is 7.15. The second kappa shape index (κ2) is 7.14. The normalized spacial score (nSPS) is 21.9. The zero-order valence-corrected chi connectivity index (χ0v) is 14.1. The minimum Gasteiger partial charge on any atom is -0.444 e. The van der Waals surface area contributed by atoms with Gasteiger partial charge in [-0.3, -0.25) is 0 Å². The number of amides is 1. The average molecular weight is 304 g/mol. The fourth-order valence-electron chi connectivity index (χ4n) is 3.06. The van der Waals surface area contributed by atoms with Gasteiger partial charge >= 0.3 is 6.09 Å².